The summed E-state index contributed by atoms with van der Waals surface area (Å²) in [5.74, 6) is 0. The summed E-state index contributed by atoms with van der Waals surface area (Å²) in [7, 11) is 1.68. The first kappa shape index (κ1) is 9.64. The second-order valence-electron chi connectivity index (χ2n) is 3.45. The van der Waals surface area contributed by atoms with E-state index in [2.05, 4.69) is 10.1 Å². The van der Waals surface area contributed by atoms with E-state index in [0.717, 1.165) is 11.4 Å². The molecule has 15 heavy (non-hydrogen) atoms. The molecule has 0 bridgehead atoms. The molecule has 2 heterocycles. The van der Waals surface area contributed by atoms with E-state index in [-0.39, 0.29) is 5.69 Å². The third-order valence-electron chi connectivity index (χ3n) is 2.14. The van der Waals surface area contributed by atoms with Gasteiger partial charge in [-0.15, -0.1) is 0 Å². The van der Waals surface area contributed by atoms with Crippen molar-refractivity contribution in [2.24, 2.45) is 7.05 Å². The first-order valence-electron chi connectivity index (χ1n) is 4.68. The second-order valence-corrected chi connectivity index (χ2v) is 3.45. The number of rotatable bonds is 2. The number of hydrogen-bond donors (Lipinski definition) is 0. The summed E-state index contributed by atoms with van der Waals surface area (Å²) >= 11 is 0. The predicted molar refractivity (Wildman–Crippen MR) is 55.5 cm³/mol. The molecule has 5 heteroatoms. The van der Waals surface area contributed by atoms with Crippen molar-refractivity contribution in [1.29, 1.82) is 0 Å². The van der Waals surface area contributed by atoms with Gasteiger partial charge in [-0.2, -0.15) is 5.10 Å². The van der Waals surface area contributed by atoms with Crippen molar-refractivity contribution in [3.8, 4) is 0 Å². The van der Waals surface area contributed by atoms with Crippen molar-refractivity contribution in [2.45, 2.75) is 13.5 Å². The molecule has 0 amide bonds. The largest absolute Gasteiger partial charge is 0.345 e. The Morgan fingerprint density at radius 3 is 2.80 bits per heavy atom. The summed E-state index contributed by atoms with van der Waals surface area (Å²) in [4.78, 5) is 15.8. The SMILES string of the molecule is Cc1cccc(Cn2ncn(C)c2=O)n1. The molecule has 0 radical (unpaired) electrons. The quantitative estimate of drug-likeness (QED) is 0.708. The molecule has 78 valence electrons. The third kappa shape index (κ3) is 1.96. The molecular formula is C10H12N4O. The number of aromatic nitrogens is 4. The minimum absolute atomic E-state index is 0.127. The third-order valence-corrected chi connectivity index (χ3v) is 2.14. The fourth-order valence-electron chi connectivity index (χ4n) is 1.37. The van der Waals surface area contributed by atoms with Gasteiger partial charge in [-0.25, -0.2) is 9.48 Å². The van der Waals surface area contributed by atoms with Gasteiger partial charge < -0.3 is 0 Å². The molecule has 2 rings (SSSR count). The normalized spacial score (nSPS) is 10.5. The van der Waals surface area contributed by atoms with Crippen LogP contribution in [0.4, 0.5) is 0 Å². The second kappa shape index (κ2) is 3.68. The first-order chi connectivity index (χ1) is 7.16. The van der Waals surface area contributed by atoms with Crippen LogP contribution in [0.5, 0.6) is 0 Å². The summed E-state index contributed by atoms with van der Waals surface area (Å²) in [6, 6.07) is 5.73. The van der Waals surface area contributed by atoms with Gasteiger partial charge in [0.05, 0.1) is 12.2 Å². The van der Waals surface area contributed by atoms with E-state index in [0.29, 0.717) is 6.54 Å². The van der Waals surface area contributed by atoms with E-state index in [1.54, 1.807) is 7.05 Å². The van der Waals surface area contributed by atoms with Crippen LogP contribution in [0, 0.1) is 6.92 Å². The Balaban J connectivity index is 2.30. The molecule has 0 spiro atoms. The van der Waals surface area contributed by atoms with Crippen LogP contribution in [0.25, 0.3) is 0 Å². The van der Waals surface area contributed by atoms with Crippen LogP contribution in [0.15, 0.2) is 29.3 Å². The molecule has 0 saturated carbocycles. The van der Waals surface area contributed by atoms with Crippen molar-refractivity contribution in [3.05, 3.63) is 46.4 Å². The average molecular weight is 204 g/mol. The standard InChI is InChI=1S/C10H12N4O/c1-8-4-3-5-9(12-8)6-14-10(15)13(2)7-11-14/h3-5,7H,6H2,1-2H3. The lowest BCUT2D eigenvalue weighted by atomic mass is 10.3. The summed E-state index contributed by atoms with van der Waals surface area (Å²) < 4.78 is 2.83. The van der Waals surface area contributed by atoms with Crippen LogP contribution in [0.1, 0.15) is 11.4 Å². The van der Waals surface area contributed by atoms with Gasteiger partial charge in [-0.1, -0.05) is 6.07 Å². The van der Waals surface area contributed by atoms with Crippen molar-refractivity contribution >= 4 is 0 Å². The summed E-state index contributed by atoms with van der Waals surface area (Å²) in [5, 5.41) is 3.97. The highest BCUT2D eigenvalue weighted by atomic mass is 16.2. The zero-order chi connectivity index (χ0) is 10.8. The van der Waals surface area contributed by atoms with Gasteiger partial charge in [0, 0.05) is 12.7 Å². The summed E-state index contributed by atoms with van der Waals surface area (Å²) in [6.07, 6.45) is 1.50. The maximum atomic E-state index is 11.5. The average Bonchev–Trinajstić information content (AvgIpc) is 2.50. The van der Waals surface area contributed by atoms with Gasteiger partial charge >= 0.3 is 5.69 Å². The molecule has 0 aliphatic carbocycles. The molecule has 0 unspecified atom stereocenters. The number of aryl methyl sites for hydroxylation is 2. The first-order valence-corrected chi connectivity index (χ1v) is 4.68. The minimum Gasteiger partial charge on any atom is -0.285 e. The molecule has 2 aromatic heterocycles. The van der Waals surface area contributed by atoms with E-state index < -0.39 is 0 Å². The Bertz CT molecular complexity index is 526. The molecule has 0 atom stereocenters. The molecule has 2 aromatic rings. The van der Waals surface area contributed by atoms with E-state index in [4.69, 9.17) is 0 Å². The zero-order valence-corrected chi connectivity index (χ0v) is 8.71. The fourth-order valence-corrected chi connectivity index (χ4v) is 1.37. The van der Waals surface area contributed by atoms with Gasteiger partial charge in [0.2, 0.25) is 0 Å². The Kier molecular flexibility index (Phi) is 2.37. The molecule has 0 aliphatic heterocycles. The van der Waals surface area contributed by atoms with E-state index in [9.17, 15) is 4.79 Å². The highest BCUT2D eigenvalue weighted by Gasteiger charge is 2.03. The van der Waals surface area contributed by atoms with Crippen LogP contribution in [0.3, 0.4) is 0 Å². The van der Waals surface area contributed by atoms with Crippen molar-refractivity contribution in [2.75, 3.05) is 0 Å². The van der Waals surface area contributed by atoms with Gasteiger partial charge in [-0.05, 0) is 19.1 Å². The Hall–Kier alpha value is -1.91. The predicted octanol–water partition coefficient (Wildman–Crippen LogP) is 0.334. The van der Waals surface area contributed by atoms with E-state index in [1.807, 2.05) is 25.1 Å². The highest BCUT2D eigenvalue weighted by Crippen LogP contribution is 1.98. The van der Waals surface area contributed by atoms with Crippen LogP contribution in [-0.4, -0.2) is 19.3 Å². The molecule has 0 N–H and O–H groups in total. The monoisotopic (exact) mass is 204 g/mol. The van der Waals surface area contributed by atoms with Gasteiger partial charge in [0.1, 0.15) is 6.33 Å². The summed E-state index contributed by atoms with van der Waals surface area (Å²) in [5.41, 5.74) is 1.66. The molecule has 0 saturated heterocycles. The van der Waals surface area contributed by atoms with Gasteiger partial charge in [-0.3, -0.25) is 9.55 Å². The lowest BCUT2D eigenvalue weighted by molar-refractivity contribution is 0.634. The van der Waals surface area contributed by atoms with Gasteiger partial charge in [0.15, 0.2) is 0 Å². The van der Waals surface area contributed by atoms with E-state index in [1.165, 1.54) is 15.6 Å². The number of pyridine rings is 1. The molecular weight excluding hydrogens is 192 g/mol. The van der Waals surface area contributed by atoms with E-state index >= 15 is 0 Å². The van der Waals surface area contributed by atoms with Gasteiger partial charge in [0.25, 0.3) is 0 Å². The van der Waals surface area contributed by atoms with Crippen LogP contribution >= 0.6 is 0 Å². The Morgan fingerprint density at radius 1 is 1.40 bits per heavy atom. The van der Waals surface area contributed by atoms with Crippen LogP contribution in [0.2, 0.25) is 0 Å². The summed E-state index contributed by atoms with van der Waals surface area (Å²) in [6.45, 7) is 2.34. The number of nitrogens with zero attached hydrogens (tertiary/aromatic N) is 4. The number of hydrogen-bond acceptors (Lipinski definition) is 3. The van der Waals surface area contributed by atoms with Crippen molar-refractivity contribution < 1.29 is 0 Å². The van der Waals surface area contributed by atoms with Crippen LogP contribution < -0.4 is 5.69 Å². The molecule has 5 nitrogen and oxygen atoms in total. The zero-order valence-electron chi connectivity index (χ0n) is 8.71. The molecule has 0 fully saturated rings. The smallest absolute Gasteiger partial charge is 0.285 e. The highest BCUT2D eigenvalue weighted by molar-refractivity contribution is 5.09. The molecule has 0 aromatic carbocycles. The minimum atomic E-state index is -0.127. The Morgan fingerprint density at radius 2 is 2.20 bits per heavy atom. The lowest BCUT2D eigenvalue weighted by Gasteiger charge is -2.00. The fraction of sp³-hybridized carbons (Fsp3) is 0.300. The topological polar surface area (TPSA) is 52.7 Å². The van der Waals surface area contributed by atoms with Crippen molar-refractivity contribution in [3.63, 3.8) is 0 Å². The molecule has 0 aliphatic rings. The van der Waals surface area contributed by atoms with Crippen LogP contribution in [-0.2, 0) is 13.6 Å². The van der Waals surface area contributed by atoms with Crippen molar-refractivity contribution in [1.82, 2.24) is 19.3 Å². The Labute approximate surface area is 87.0 Å². The maximum absolute atomic E-state index is 11.5. The maximum Gasteiger partial charge on any atom is 0.345 e. The lowest BCUT2D eigenvalue weighted by Crippen LogP contribution is -2.23.